The van der Waals surface area contributed by atoms with Gasteiger partial charge in [-0.1, -0.05) is 12.1 Å². The third kappa shape index (κ3) is 4.08. The monoisotopic (exact) mass is 286 g/mol. The standard InChI is InChI=1S/C16H22N4O/c1-4-20(11-13-6-8-14(17)9-7-13)16-18-12(3)10-15(19-16)21-5-2/h6-10H,4-5,11,17H2,1-3H3. The van der Waals surface area contributed by atoms with Gasteiger partial charge in [0.25, 0.3) is 0 Å². The molecule has 0 aliphatic heterocycles. The molecule has 0 bridgehead atoms. The van der Waals surface area contributed by atoms with E-state index in [1.54, 1.807) is 0 Å². The van der Waals surface area contributed by atoms with Crippen LogP contribution in [-0.2, 0) is 6.54 Å². The molecular formula is C16H22N4O. The summed E-state index contributed by atoms with van der Waals surface area (Å²) in [4.78, 5) is 11.1. The molecule has 0 spiro atoms. The summed E-state index contributed by atoms with van der Waals surface area (Å²) in [5, 5.41) is 0. The van der Waals surface area contributed by atoms with E-state index >= 15 is 0 Å². The lowest BCUT2D eigenvalue weighted by Crippen LogP contribution is -2.24. The van der Waals surface area contributed by atoms with Crippen LogP contribution in [0.4, 0.5) is 11.6 Å². The number of anilines is 2. The predicted octanol–water partition coefficient (Wildman–Crippen LogP) is 2.79. The number of nitrogens with two attached hydrogens (primary N) is 1. The Bertz CT molecular complexity index is 583. The van der Waals surface area contributed by atoms with E-state index < -0.39 is 0 Å². The minimum Gasteiger partial charge on any atom is -0.478 e. The summed E-state index contributed by atoms with van der Waals surface area (Å²) >= 11 is 0. The molecule has 0 fully saturated rings. The molecular weight excluding hydrogens is 264 g/mol. The highest BCUT2D eigenvalue weighted by Crippen LogP contribution is 2.18. The normalized spacial score (nSPS) is 10.4. The summed E-state index contributed by atoms with van der Waals surface area (Å²) in [6.07, 6.45) is 0. The average molecular weight is 286 g/mol. The molecule has 2 N–H and O–H groups in total. The van der Waals surface area contributed by atoms with Gasteiger partial charge in [-0.25, -0.2) is 4.98 Å². The van der Waals surface area contributed by atoms with Crippen molar-refractivity contribution in [2.75, 3.05) is 23.8 Å². The van der Waals surface area contributed by atoms with Gasteiger partial charge in [-0.15, -0.1) is 0 Å². The van der Waals surface area contributed by atoms with E-state index in [1.807, 2.05) is 44.2 Å². The molecule has 21 heavy (non-hydrogen) atoms. The molecule has 0 aliphatic carbocycles. The van der Waals surface area contributed by atoms with Crippen LogP contribution in [0, 0.1) is 6.92 Å². The van der Waals surface area contributed by atoms with Crippen molar-refractivity contribution in [3.05, 3.63) is 41.6 Å². The van der Waals surface area contributed by atoms with Crippen molar-refractivity contribution >= 4 is 11.6 Å². The predicted molar refractivity (Wildman–Crippen MR) is 85.5 cm³/mol. The minimum atomic E-state index is 0.597. The zero-order valence-corrected chi connectivity index (χ0v) is 12.8. The highest BCUT2D eigenvalue weighted by atomic mass is 16.5. The minimum absolute atomic E-state index is 0.597. The summed E-state index contributed by atoms with van der Waals surface area (Å²) in [7, 11) is 0. The maximum absolute atomic E-state index is 5.72. The number of aromatic nitrogens is 2. The lowest BCUT2D eigenvalue weighted by molar-refractivity contribution is 0.326. The van der Waals surface area contributed by atoms with Gasteiger partial charge in [0.1, 0.15) is 0 Å². The second kappa shape index (κ2) is 6.92. The molecule has 0 amide bonds. The van der Waals surface area contributed by atoms with Crippen LogP contribution in [-0.4, -0.2) is 23.1 Å². The zero-order chi connectivity index (χ0) is 15.2. The van der Waals surface area contributed by atoms with Crippen LogP contribution in [0.2, 0.25) is 0 Å². The SMILES string of the molecule is CCOc1cc(C)nc(N(CC)Cc2ccc(N)cc2)n1. The average Bonchev–Trinajstić information content (AvgIpc) is 2.46. The molecule has 0 saturated heterocycles. The van der Waals surface area contributed by atoms with Gasteiger partial charge in [-0.3, -0.25) is 0 Å². The molecule has 0 saturated carbocycles. The van der Waals surface area contributed by atoms with Crippen molar-refractivity contribution in [1.29, 1.82) is 0 Å². The van der Waals surface area contributed by atoms with Crippen molar-refractivity contribution in [3.8, 4) is 5.88 Å². The molecule has 112 valence electrons. The maximum atomic E-state index is 5.72. The number of ether oxygens (including phenoxy) is 1. The number of rotatable bonds is 6. The van der Waals surface area contributed by atoms with Gasteiger partial charge in [0, 0.05) is 30.5 Å². The number of hydrogen-bond donors (Lipinski definition) is 1. The first-order chi connectivity index (χ1) is 10.1. The van der Waals surface area contributed by atoms with Crippen LogP contribution in [0.25, 0.3) is 0 Å². The van der Waals surface area contributed by atoms with Crippen molar-refractivity contribution in [3.63, 3.8) is 0 Å². The number of nitrogens with zero attached hydrogens (tertiary/aromatic N) is 3. The van der Waals surface area contributed by atoms with Crippen LogP contribution >= 0.6 is 0 Å². The molecule has 0 unspecified atom stereocenters. The van der Waals surface area contributed by atoms with Crippen molar-refractivity contribution in [1.82, 2.24) is 9.97 Å². The Morgan fingerprint density at radius 2 is 1.86 bits per heavy atom. The first kappa shape index (κ1) is 15.1. The van der Waals surface area contributed by atoms with Gasteiger partial charge in [0.2, 0.25) is 11.8 Å². The molecule has 1 aromatic carbocycles. The summed E-state index contributed by atoms with van der Waals surface area (Å²) in [6.45, 7) is 8.14. The van der Waals surface area contributed by atoms with Gasteiger partial charge in [-0.05, 0) is 38.5 Å². The highest BCUT2D eigenvalue weighted by molar-refractivity contribution is 5.41. The molecule has 1 aromatic heterocycles. The smallest absolute Gasteiger partial charge is 0.229 e. The summed E-state index contributed by atoms with van der Waals surface area (Å²) < 4.78 is 5.49. The Kier molecular flexibility index (Phi) is 4.98. The third-order valence-corrected chi connectivity index (χ3v) is 3.13. The number of aryl methyl sites for hydroxylation is 1. The van der Waals surface area contributed by atoms with E-state index in [1.165, 1.54) is 5.56 Å². The van der Waals surface area contributed by atoms with Crippen LogP contribution in [0.15, 0.2) is 30.3 Å². The van der Waals surface area contributed by atoms with Crippen LogP contribution in [0.5, 0.6) is 5.88 Å². The lowest BCUT2D eigenvalue weighted by Gasteiger charge is -2.21. The van der Waals surface area contributed by atoms with Crippen LogP contribution in [0.3, 0.4) is 0 Å². The first-order valence-electron chi connectivity index (χ1n) is 7.20. The summed E-state index contributed by atoms with van der Waals surface area (Å²) in [5.74, 6) is 1.31. The fraction of sp³-hybridized carbons (Fsp3) is 0.375. The Balaban J connectivity index is 2.22. The molecule has 0 radical (unpaired) electrons. The zero-order valence-electron chi connectivity index (χ0n) is 12.8. The third-order valence-electron chi connectivity index (χ3n) is 3.13. The number of benzene rings is 1. The fourth-order valence-electron chi connectivity index (χ4n) is 2.06. The molecule has 5 nitrogen and oxygen atoms in total. The molecule has 2 rings (SSSR count). The van der Waals surface area contributed by atoms with Crippen molar-refractivity contribution < 1.29 is 4.74 Å². The quantitative estimate of drug-likeness (QED) is 0.827. The Labute approximate surface area is 125 Å². The second-order valence-corrected chi connectivity index (χ2v) is 4.84. The lowest BCUT2D eigenvalue weighted by atomic mass is 10.2. The van der Waals surface area contributed by atoms with Crippen LogP contribution < -0.4 is 15.4 Å². The topological polar surface area (TPSA) is 64.3 Å². The van der Waals surface area contributed by atoms with Gasteiger partial charge < -0.3 is 15.4 Å². The Morgan fingerprint density at radius 1 is 1.14 bits per heavy atom. The second-order valence-electron chi connectivity index (χ2n) is 4.84. The van der Waals surface area contributed by atoms with Gasteiger partial charge in [-0.2, -0.15) is 4.98 Å². The van der Waals surface area contributed by atoms with Crippen LogP contribution in [0.1, 0.15) is 25.1 Å². The summed E-state index contributed by atoms with van der Waals surface area (Å²) in [5.41, 5.74) is 8.57. The van der Waals surface area contributed by atoms with Crippen molar-refractivity contribution in [2.24, 2.45) is 0 Å². The fourth-order valence-corrected chi connectivity index (χ4v) is 2.06. The molecule has 0 aliphatic rings. The number of nitrogen functional groups attached to an aromatic ring is 1. The van der Waals surface area contributed by atoms with E-state index in [4.69, 9.17) is 10.5 Å². The molecule has 0 atom stereocenters. The molecule has 1 heterocycles. The molecule has 2 aromatic rings. The summed E-state index contributed by atoms with van der Waals surface area (Å²) in [6, 6.07) is 9.72. The first-order valence-corrected chi connectivity index (χ1v) is 7.20. The Morgan fingerprint density at radius 3 is 2.48 bits per heavy atom. The van der Waals surface area contributed by atoms with E-state index in [2.05, 4.69) is 21.8 Å². The van der Waals surface area contributed by atoms with E-state index in [0.717, 1.165) is 24.5 Å². The van der Waals surface area contributed by atoms with Gasteiger partial charge in [0.05, 0.1) is 6.61 Å². The maximum Gasteiger partial charge on any atom is 0.229 e. The van der Waals surface area contributed by atoms with Gasteiger partial charge >= 0.3 is 0 Å². The molecule has 5 heteroatoms. The van der Waals surface area contributed by atoms with Gasteiger partial charge in [0.15, 0.2) is 0 Å². The van der Waals surface area contributed by atoms with E-state index in [0.29, 0.717) is 18.4 Å². The highest BCUT2D eigenvalue weighted by Gasteiger charge is 2.11. The van der Waals surface area contributed by atoms with E-state index in [9.17, 15) is 0 Å². The van der Waals surface area contributed by atoms with Crippen molar-refractivity contribution in [2.45, 2.75) is 27.3 Å². The largest absolute Gasteiger partial charge is 0.478 e. The number of hydrogen-bond acceptors (Lipinski definition) is 5. The Hall–Kier alpha value is -2.30. The van der Waals surface area contributed by atoms with E-state index in [-0.39, 0.29) is 0 Å².